The van der Waals surface area contributed by atoms with Gasteiger partial charge in [-0.3, -0.25) is 4.79 Å². The van der Waals surface area contributed by atoms with Gasteiger partial charge in [-0.1, -0.05) is 49.1 Å². The second-order valence-corrected chi connectivity index (χ2v) is 10.6. The molecule has 1 saturated heterocycles. The van der Waals surface area contributed by atoms with E-state index in [1.54, 1.807) is 24.3 Å². The third kappa shape index (κ3) is 8.70. The monoisotopic (exact) mass is 601 g/mol. The number of carbonyl (C=O) groups is 1. The first-order chi connectivity index (χ1) is 21.1. The van der Waals surface area contributed by atoms with Crippen LogP contribution in [0.2, 0.25) is 0 Å². The Balaban J connectivity index is 1.47. The van der Waals surface area contributed by atoms with Gasteiger partial charge in [0, 0.05) is 48.7 Å². The predicted molar refractivity (Wildman–Crippen MR) is 173 cm³/mol. The lowest BCUT2D eigenvalue weighted by atomic mass is 10.1. The summed E-state index contributed by atoms with van der Waals surface area (Å²) in [6.07, 6.45) is 2.83. The summed E-state index contributed by atoms with van der Waals surface area (Å²) in [6, 6.07) is 19.7. The van der Waals surface area contributed by atoms with Crippen molar-refractivity contribution in [3.8, 4) is 0 Å². The molecule has 6 nitrogen and oxygen atoms in total. The van der Waals surface area contributed by atoms with Crippen molar-refractivity contribution in [2.75, 3.05) is 43.4 Å². The van der Waals surface area contributed by atoms with E-state index >= 15 is 0 Å². The maximum Gasteiger partial charge on any atom is 0.416 e. The first kappa shape index (κ1) is 32.3. The smallest absolute Gasteiger partial charge is 0.369 e. The average Bonchev–Trinajstić information content (AvgIpc) is 3.02. The molecule has 0 saturated carbocycles. The van der Waals surface area contributed by atoms with E-state index in [4.69, 9.17) is 4.99 Å². The molecule has 4 rings (SSSR count). The van der Waals surface area contributed by atoms with E-state index in [2.05, 4.69) is 58.3 Å². The van der Waals surface area contributed by atoms with Crippen LogP contribution < -0.4 is 15.5 Å². The van der Waals surface area contributed by atoms with Gasteiger partial charge in [0.15, 0.2) is 0 Å². The number of allylic oxidation sites excluding steroid dienone is 4. The largest absolute Gasteiger partial charge is 0.416 e. The van der Waals surface area contributed by atoms with Crippen molar-refractivity contribution < 1.29 is 18.0 Å². The molecule has 1 heterocycles. The summed E-state index contributed by atoms with van der Waals surface area (Å²) in [4.78, 5) is 22.3. The number of carbonyl (C=O) groups excluding carboxylic acids is 1. The van der Waals surface area contributed by atoms with Crippen molar-refractivity contribution in [1.29, 1.82) is 0 Å². The molecule has 9 heteroatoms. The van der Waals surface area contributed by atoms with Crippen molar-refractivity contribution in [1.82, 2.24) is 10.2 Å². The van der Waals surface area contributed by atoms with E-state index in [1.807, 2.05) is 38.1 Å². The summed E-state index contributed by atoms with van der Waals surface area (Å²) >= 11 is 0. The van der Waals surface area contributed by atoms with E-state index < -0.39 is 17.6 Å². The van der Waals surface area contributed by atoms with Gasteiger partial charge in [-0.2, -0.15) is 13.2 Å². The number of rotatable bonds is 10. The Morgan fingerprint density at radius 2 is 1.68 bits per heavy atom. The van der Waals surface area contributed by atoms with Crippen molar-refractivity contribution in [3.05, 3.63) is 132 Å². The minimum Gasteiger partial charge on any atom is -0.369 e. The molecule has 0 aliphatic carbocycles. The van der Waals surface area contributed by atoms with Gasteiger partial charge in [0.2, 0.25) is 0 Å². The maximum absolute atomic E-state index is 13.1. The number of alkyl halides is 3. The van der Waals surface area contributed by atoms with Crippen LogP contribution in [0.1, 0.15) is 46.9 Å². The minimum absolute atomic E-state index is 0.0707. The molecule has 0 unspecified atom stereocenters. The van der Waals surface area contributed by atoms with Crippen LogP contribution in [0.5, 0.6) is 0 Å². The van der Waals surface area contributed by atoms with Crippen LogP contribution in [-0.2, 0) is 6.18 Å². The number of nitrogens with zero attached hydrogens (tertiary/aromatic N) is 3. The Kier molecular flexibility index (Phi) is 10.8. The fourth-order valence-electron chi connectivity index (χ4n) is 4.81. The van der Waals surface area contributed by atoms with Crippen LogP contribution in [0.15, 0.2) is 114 Å². The SMILES string of the molecule is C=C/C=C/C(=N\C(=C/C)N[C@@H](C)c1cccc(NC(=O)c2cccc(C(F)(F)F)c2)c1)c1ccc(N2CCN(C)CC2)cc1. The van der Waals surface area contributed by atoms with Crippen molar-refractivity contribution in [3.63, 3.8) is 0 Å². The van der Waals surface area contributed by atoms with Gasteiger partial charge in [0.25, 0.3) is 5.91 Å². The Bertz CT molecular complexity index is 1530. The quantitative estimate of drug-likeness (QED) is 0.187. The lowest BCUT2D eigenvalue weighted by Gasteiger charge is -2.34. The molecule has 0 aromatic heterocycles. The Labute approximate surface area is 257 Å². The second kappa shape index (κ2) is 14.7. The molecular formula is C35H38F3N5O. The van der Waals surface area contributed by atoms with Gasteiger partial charge >= 0.3 is 6.18 Å². The van der Waals surface area contributed by atoms with E-state index in [0.717, 1.165) is 55.2 Å². The summed E-state index contributed by atoms with van der Waals surface area (Å²) in [6.45, 7) is 11.7. The van der Waals surface area contributed by atoms with E-state index in [1.165, 1.54) is 17.8 Å². The number of hydrogen-bond donors (Lipinski definition) is 2. The molecular weight excluding hydrogens is 563 g/mol. The van der Waals surface area contributed by atoms with E-state index in [0.29, 0.717) is 11.5 Å². The summed E-state index contributed by atoms with van der Waals surface area (Å²) in [7, 11) is 2.14. The predicted octanol–water partition coefficient (Wildman–Crippen LogP) is 7.45. The van der Waals surface area contributed by atoms with Gasteiger partial charge in [0.1, 0.15) is 5.82 Å². The van der Waals surface area contributed by atoms with Gasteiger partial charge < -0.3 is 20.4 Å². The fraction of sp³-hybridized carbons (Fsp3) is 0.257. The Hall–Kier alpha value is -4.63. The van der Waals surface area contributed by atoms with E-state index in [-0.39, 0.29) is 11.6 Å². The highest BCUT2D eigenvalue weighted by molar-refractivity contribution is 6.09. The van der Waals surface area contributed by atoms with Crippen LogP contribution in [0.3, 0.4) is 0 Å². The van der Waals surface area contributed by atoms with Gasteiger partial charge in [0.05, 0.1) is 17.3 Å². The van der Waals surface area contributed by atoms with Crippen molar-refractivity contribution in [2.45, 2.75) is 26.1 Å². The molecule has 1 aliphatic heterocycles. The number of amides is 1. The topological polar surface area (TPSA) is 60.0 Å². The van der Waals surface area contributed by atoms with Crippen LogP contribution >= 0.6 is 0 Å². The molecule has 2 N–H and O–H groups in total. The molecule has 1 amide bonds. The summed E-state index contributed by atoms with van der Waals surface area (Å²) in [5.74, 6) is 0.0349. The van der Waals surface area contributed by atoms with Gasteiger partial charge in [-0.05, 0) is 81.1 Å². The molecule has 1 fully saturated rings. The van der Waals surface area contributed by atoms with Crippen LogP contribution in [0.25, 0.3) is 0 Å². The minimum atomic E-state index is -4.53. The third-order valence-corrected chi connectivity index (χ3v) is 7.40. The summed E-state index contributed by atoms with van der Waals surface area (Å²) in [5, 5.41) is 6.13. The second-order valence-electron chi connectivity index (χ2n) is 10.6. The highest BCUT2D eigenvalue weighted by atomic mass is 19.4. The zero-order valence-electron chi connectivity index (χ0n) is 25.2. The molecule has 1 atom stereocenters. The van der Waals surface area contributed by atoms with Gasteiger partial charge in [-0.25, -0.2) is 4.99 Å². The van der Waals surface area contributed by atoms with Crippen LogP contribution in [0, 0.1) is 0 Å². The fourth-order valence-corrected chi connectivity index (χ4v) is 4.81. The zero-order valence-corrected chi connectivity index (χ0v) is 25.2. The summed E-state index contributed by atoms with van der Waals surface area (Å²) in [5.41, 5.74) is 3.31. The Morgan fingerprint density at radius 3 is 2.34 bits per heavy atom. The molecule has 44 heavy (non-hydrogen) atoms. The lowest BCUT2D eigenvalue weighted by molar-refractivity contribution is -0.137. The molecule has 3 aromatic rings. The maximum atomic E-state index is 13.1. The number of anilines is 2. The number of nitrogens with one attached hydrogen (secondary N) is 2. The number of aliphatic imine (C=N–C) groups is 1. The number of hydrogen-bond acceptors (Lipinski definition) is 5. The van der Waals surface area contributed by atoms with Gasteiger partial charge in [-0.15, -0.1) is 0 Å². The zero-order chi connectivity index (χ0) is 31.7. The van der Waals surface area contributed by atoms with Crippen molar-refractivity contribution in [2.24, 2.45) is 4.99 Å². The standard InChI is InChI=1S/C35H38F3N5O/c1-5-7-14-32(26-15-17-31(18-16-26)43-21-19-42(4)20-22-43)41-33(6-2)39-25(3)27-10-9-13-30(24-27)40-34(44)28-11-8-12-29(23-28)35(36,37)38/h5-18,23-25,39H,1,19-22H2,2-4H3,(H,40,44)/b14-7+,33-6-,41-32+/t25-/m0/s1. The molecule has 0 spiro atoms. The lowest BCUT2D eigenvalue weighted by Crippen LogP contribution is -2.44. The number of likely N-dealkylation sites (N-methyl/N-ethyl adjacent to an activating group) is 1. The number of piperazine rings is 1. The average molecular weight is 602 g/mol. The molecule has 230 valence electrons. The first-order valence-corrected chi connectivity index (χ1v) is 14.5. The van der Waals surface area contributed by atoms with E-state index in [9.17, 15) is 18.0 Å². The van der Waals surface area contributed by atoms with Crippen LogP contribution in [-0.4, -0.2) is 49.7 Å². The first-order valence-electron chi connectivity index (χ1n) is 14.5. The molecule has 3 aromatic carbocycles. The highest BCUT2D eigenvalue weighted by Crippen LogP contribution is 2.30. The summed E-state index contributed by atoms with van der Waals surface area (Å²) < 4.78 is 39.3. The van der Waals surface area contributed by atoms with Crippen molar-refractivity contribution >= 4 is 23.0 Å². The Morgan fingerprint density at radius 1 is 0.977 bits per heavy atom. The molecule has 1 aliphatic rings. The number of halogens is 3. The van der Waals surface area contributed by atoms with Crippen LogP contribution in [0.4, 0.5) is 24.5 Å². The third-order valence-electron chi connectivity index (χ3n) is 7.40. The highest BCUT2D eigenvalue weighted by Gasteiger charge is 2.31. The molecule has 0 radical (unpaired) electrons. The molecule has 0 bridgehead atoms. The number of benzene rings is 3. The normalized spacial score (nSPS) is 15.7.